The maximum atomic E-state index is 13.0. The lowest BCUT2D eigenvalue weighted by molar-refractivity contribution is -0.123. The number of aromatic nitrogens is 2. The van der Waals surface area contributed by atoms with E-state index in [9.17, 15) is 24.3 Å². The number of benzene rings is 1. The first-order valence-electron chi connectivity index (χ1n) is 11.8. The van der Waals surface area contributed by atoms with Gasteiger partial charge in [-0.25, -0.2) is 14.4 Å². The summed E-state index contributed by atoms with van der Waals surface area (Å²) in [7, 11) is 0. The van der Waals surface area contributed by atoms with Gasteiger partial charge in [0, 0.05) is 31.2 Å². The number of aromatic amines is 1. The Morgan fingerprint density at radius 2 is 1.81 bits per heavy atom. The first-order valence-corrected chi connectivity index (χ1v) is 11.8. The molecule has 0 radical (unpaired) electrons. The highest BCUT2D eigenvalue weighted by atomic mass is 16.7. The third-order valence-corrected chi connectivity index (χ3v) is 5.63. The number of imidazole rings is 1. The molecular formula is C24H33N5O7. The number of rotatable bonds is 6. The Kier molecular flexibility index (Phi) is 8.28. The molecule has 0 unspecified atom stereocenters. The Morgan fingerprint density at radius 3 is 2.39 bits per heavy atom. The predicted octanol–water partition coefficient (Wildman–Crippen LogP) is 2.22. The van der Waals surface area contributed by atoms with E-state index in [2.05, 4.69) is 10.3 Å². The molecule has 2 aromatic rings. The van der Waals surface area contributed by atoms with Crippen molar-refractivity contribution >= 4 is 23.8 Å². The van der Waals surface area contributed by atoms with Gasteiger partial charge in [0.25, 0.3) is 5.88 Å². The number of piperidine rings is 1. The summed E-state index contributed by atoms with van der Waals surface area (Å²) < 4.78 is 5.53. The van der Waals surface area contributed by atoms with Crippen LogP contribution in [-0.2, 0) is 16.1 Å². The van der Waals surface area contributed by atoms with Gasteiger partial charge >= 0.3 is 17.9 Å². The molecule has 1 saturated heterocycles. The van der Waals surface area contributed by atoms with Crippen LogP contribution in [0.4, 0.5) is 15.3 Å². The van der Waals surface area contributed by atoms with Crippen molar-refractivity contribution in [2.75, 3.05) is 24.5 Å². The maximum Gasteiger partial charge on any atom is 0.434 e. The maximum absolute atomic E-state index is 13.0. The van der Waals surface area contributed by atoms with Crippen molar-refractivity contribution in [3.05, 3.63) is 46.5 Å². The lowest BCUT2D eigenvalue weighted by Gasteiger charge is -2.33. The molecule has 1 aromatic heterocycles. The van der Waals surface area contributed by atoms with E-state index in [1.165, 1.54) is 4.90 Å². The number of carbonyl (C=O) groups excluding carboxylic acids is 3. The summed E-state index contributed by atoms with van der Waals surface area (Å²) in [5.74, 6) is -0.891. The number of likely N-dealkylation sites (tertiary alicyclic amines) is 1. The summed E-state index contributed by atoms with van der Waals surface area (Å²) in [6.45, 7) is 7.81. The number of carbonyl (C=O) groups is 3. The zero-order valence-corrected chi connectivity index (χ0v) is 20.9. The van der Waals surface area contributed by atoms with Crippen LogP contribution in [0.2, 0.25) is 0 Å². The van der Waals surface area contributed by atoms with E-state index >= 15 is 0 Å². The second kappa shape index (κ2) is 11.2. The molecule has 12 heteroatoms. The molecule has 0 saturated carbocycles. The van der Waals surface area contributed by atoms with Crippen LogP contribution in [0.1, 0.15) is 46.2 Å². The van der Waals surface area contributed by atoms with Gasteiger partial charge in [0.15, 0.2) is 0 Å². The summed E-state index contributed by atoms with van der Waals surface area (Å²) in [4.78, 5) is 60.2. The minimum Gasteiger partial charge on any atom is -0.491 e. The predicted molar refractivity (Wildman–Crippen MR) is 131 cm³/mol. The number of nitrogens with one attached hydrogen (secondary N) is 2. The fourth-order valence-electron chi connectivity index (χ4n) is 3.88. The average Bonchev–Trinajstić information content (AvgIpc) is 3.10. The van der Waals surface area contributed by atoms with Crippen molar-refractivity contribution in [1.82, 2.24) is 19.9 Å². The van der Waals surface area contributed by atoms with Gasteiger partial charge in [-0.1, -0.05) is 22.9 Å². The van der Waals surface area contributed by atoms with E-state index in [1.807, 2.05) is 37.3 Å². The topological polar surface area (TPSA) is 146 Å². The largest absolute Gasteiger partial charge is 0.491 e. The molecular weight excluding hydrogens is 470 g/mol. The van der Waals surface area contributed by atoms with E-state index in [0.717, 1.165) is 5.69 Å². The number of hydrogen-bond donors (Lipinski definition) is 3. The van der Waals surface area contributed by atoms with E-state index < -0.39 is 29.4 Å². The Morgan fingerprint density at radius 1 is 1.17 bits per heavy atom. The zero-order chi connectivity index (χ0) is 26.5. The van der Waals surface area contributed by atoms with Gasteiger partial charge in [0.1, 0.15) is 11.3 Å². The monoisotopic (exact) mass is 503 g/mol. The second-order valence-corrected chi connectivity index (χ2v) is 9.42. The number of alkyl carbamates (subject to hydrolysis) is 1. The first kappa shape index (κ1) is 26.6. The number of ether oxygens (including phenoxy) is 1. The van der Waals surface area contributed by atoms with Gasteiger partial charge in [-0.3, -0.25) is 4.79 Å². The van der Waals surface area contributed by atoms with E-state index in [1.54, 1.807) is 25.7 Å². The molecule has 0 bridgehead atoms. The van der Waals surface area contributed by atoms with Crippen LogP contribution in [0.3, 0.4) is 0 Å². The van der Waals surface area contributed by atoms with Crippen LogP contribution in [0.5, 0.6) is 5.88 Å². The lowest BCUT2D eigenvalue weighted by atomic mass is 9.95. The van der Waals surface area contributed by atoms with Gasteiger partial charge in [-0.15, -0.1) is 0 Å². The van der Waals surface area contributed by atoms with Crippen molar-refractivity contribution in [3.8, 4) is 5.88 Å². The van der Waals surface area contributed by atoms with Crippen molar-refractivity contribution in [1.29, 1.82) is 0 Å². The van der Waals surface area contributed by atoms with Gasteiger partial charge in [-0.05, 0) is 52.7 Å². The number of hydrogen-bond acceptors (Lipinski definition) is 7. The number of para-hydroxylation sites is 1. The molecule has 1 aromatic carbocycles. The van der Waals surface area contributed by atoms with Gasteiger partial charge in [-0.2, -0.15) is 0 Å². The summed E-state index contributed by atoms with van der Waals surface area (Å²) in [5, 5.41) is 12.7. The van der Waals surface area contributed by atoms with Crippen molar-refractivity contribution in [2.24, 2.45) is 5.92 Å². The van der Waals surface area contributed by atoms with Crippen LogP contribution in [0.15, 0.2) is 35.1 Å². The molecule has 12 nitrogen and oxygen atoms in total. The molecule has 0 spiro atoms. The molecule has 36 heavy (non-hydrogen) atoms. The summed E-state index contributed by atoms with van der Waals surface area (Å²) in [6, 6.07) is 9.40. The number of H-pyrrole nitrogens is 1. The third-order valence-electron chi connectivity index (χ3n) is 5.63. The molecule has 0 aliphatic carbocycles. The second-order valence-electron chi connectivity index (χ2n) is 9.42. The van der Waals surface area contributed by atoms with Gasteiger partial charge < -0.3 is 34.8 Å². The Hall–Kier alpha value is -3.96. The normalized spacial score (nSPS) is 14.3. The third kappa shape index (κ3) is 6.58. The highest BCUT2D eigenvalue weighted by molar-refractivity contribution is 5.95. The SMILES string of the molecule is CCN(C(=O)C1CCN(C(=O)On2c(O)c(CNC(=O)OC(C)(C)C)[nH]c2=O)CC1)c1ccccc1. The molecule has 3 rings (SSSR count). The standard InChI is InChI=1S/C24H33N5O7/c1-5-28(17-9-7-6-8-10-17)19(30)16-11-13-27(14-12-16)23(34)36-29-20(31)18(26-21(29)32)15-25-22(33)35-24(2,3)4/h6-10,16,31H,5,11-15H2,1-4H3,(H,25,33)(H,26,32). The van der Waals surface area contributed by atoms with E-state index in [0.29, 0.717) is 24.1 Å². The molecule has 196 valence electrons. The number of aromatic hydroxyl groups is 1. The Bertz CT molecular complexity index is 1130. The number of anilines is 1. The molecule has 1 aliphatic heterocycles. The minimum atomic E-state index is -0.881. The summed E-state index contributed by atoms with van der Waals surface area (Å²) in [5.41, 5.74) is -0.821. The molecule has 3 amide bonds. The van der Waals surface area contributed by atoms with Crippen LogP contribution >= 0.6 is 0 Å². The average molecular weight is 504 g/mol. The molecule has 3 N–H and O–H groups in total. The lowest BCUT2D eigenvalue weighted by Crippen LogP contribution is -2.47. The molecule has 1 aliphatic rings. The quantitative estimate of drug-likeness (QED) is 0.548. The molecule has 1 fully saturated rings. The van der Waals surface area contributed by atoms with Crippen molar-refractivity contribution < 1.29 is 29.1 Å². The van der Waals surface area contributed by atoms with Crippen molar-refractivity contribution in [2.45, 2.75) is 52.7 Å². The summed E-state index contributed by atoms with van der Waals surface area (Å²) in [6.07, 6.45) is -0.690. The zero-order valence-electron chi connectivity index (χ0n) is 20.9. The highest BCUT2D eigenvalue weighted by Crippen LogP contribution is 2.24. The van der Waals surface area contributed by atoms with Crippen LogP contribution in [-0.4, -0.2) is 63.0 Å². The van der Waals surface area contributed by atoms with Crippen LogP contribution in [0, 0.1) is 5.92 Å². The Balaban J connectivity index is 1.55. The fraction of sp³-hybridized carbons (Fsp3) is 0.500. The smallest absolute Gasteiger partial charge is 0.434 e. The van der Waals surface area contributed by atoms with Crippen molar-refractivity contribution in [3.63, 3.8) is 0 Å². The van der Waals surface area contributed by atoms with E-state index in [4.69, 9.17) is 9.57 Å². The fourth-order valence-corrected chi connectivity index (χ4v) is 3.88. The van der Waals surface area contributed by atoms with Crippen LogP contribution in [0.25, 0.3) is 0 Å². The van der Waals surface area contributed by atoms with E-state index in [-0.39, 0.29) is 37.2 Å². The minimum absolute atomic E-state index is 0.00153. The summed E-state index contributed by atoms with van der Waals surface area (Å²) >= 11 is 0. The highest BCUT2D eigenvalue weighted by Gasteiger charge is 2.32. The van der Waals surface area contributed by atoms with Gasteiger partial charge in [0.05, 0.1) is 6.54 Å². The van der Waals surface area contributed by atoms with Crippen LogP contribution < -0.4 is 20.7 Å². The molecule has 2 heterocycles. The Labute approximate surface area is 208 Å². The molecule has 0 atom stereocenters. The number of amides is 3. The number of nitrogens with zero attached hydrogens (tertiary/aromatic N) is 3. The van der Waals surface area contributed by atoms with Gasteiger partial charge in [0.2, 0.25) is 5.91 Å². The first-order chi connectivity index (χ1) is 17.0.